The Morgan fingerprint density at radius 3 is 2.33 bits per heavy atom. The Hall–Kier alpha value is -1.23. The smallest absolute Gasteiger partial charge is 0.115 e. The quantitative estimate of drug-likeness (QED) is 0.826. The van der Waals surface area contributed by atoms with Crippen molar-refractivity contribution in [3.63, 3.8) is 0 Å². The minimum absolute atomic E-state index is 0.135. The van der Waals surface area contributed by atoms with E-state index in [2.05, 4.69) is 51.2 Å². The van der Waals surface area contributed by atoms with Crippen molar-refractivity contribution in [3.05, 3.63) is 50.5 Å². The van der Waals surface area contributed by atoms with E-state index in [1.54, 1.807) is 18.4 Å². The van der Waals surface area contributed by atoms with Gasteiger partial charge in [-0.25, -0.2) is 4.98 Å². The van der Waals surface area contributed by atoms with E-state index >= 15 is 0 Å². The highest BCUT2D eigenvalue weighted by atomic mass is 32.1. The van der Waals surface area contributed by atoms with E-state index in [-0.39, 0.29) is 6.04 Å². The van der Waals surface area contributed by atoms with Crippen molar-refractivity contribution in [2.75, 3.05) is 20.3 Å². The Morgan fingerprint density at radius 1 is 1.14 bits per heavy atom. The number of hydrogen-bond donors (Lipinski definition) is 1. The number of ether oxygens (including phenoxy) is 1. The fraction of sp³-hybridized carbons (Fsp3) is 0.471. The summed E-state index contributed by atoms with van der Waals surface area (Å²) in [6.45, 7) is 9.99. The van der Waals surface area contributed by atoms with Crippen LogP contribution in [0, 0.1) is 27.7 Å². The largest absolute Gasteiger partial charge is 0.383 e. The third-order valence-corrected chi connectivity index (χ3v) is 4.66. The zero-order valence-electron chi connectivity index (χ0n) is 13.5. The molecule has 1 unspecified atom stereocenters. The number of rotatable bonds is 6. The summed E-state index contributed by atoms with van der Waals surface area (Å²) in [5.41, 5.74) is 4.97. The molecule has 0 aliphatic rings. The SMILES string of the molecule is COCCNC(c1cc(C)cc(C)c1)c1nc(C)c(C)s1. The van der Waals surface area contributed by atoms with Gasteiger partial charge in [0.15, 0.2) is 0 Å². The van der Waals surface area contributed by atoms with E-state index in [0.29, 0.717) is 6.61 Å². The van der Waals surface area contributed by atoms with E-state index in [0.717, 1.165) is 17.2 Å². The van der Waals surface area contributed by atoms with Crippen molar-refractivity contribution >= 4 is 11.3 Å². The molecule has 1 N–H and O–H groups in total. The molecule has 114 valence electrons. The van der Waals surface area contributed by atoms with Gasteiger partial charge < -0.3 is 10.1 Å². The van der Waals surface area contributed by atoms with Gasteiger partial charge in [-0.15, -0.1) is 11.3 Å². The lowest BCUT2D eigenvalue weighted by Crippen LogP contribution is -2.26. The summed E-state index contributed by atoms with van der Waals surface area (Å²) >= 11 is 1.77. The first-order valence-electron chi connectivity index (χ1n) is 7.25. The summed E-state index contributed by atoms with van der Waals surface area (Å²) in [4.78, 5) is 6.03. The van der Waals surface area contributed by atoms with E-state index in [9.17, 15) is 0 Å². The van der Waals surface area contributed by atoms with Crippen LogP contribution in [-0.2, 0) is 4.74 Å². The number of nitrogens with one attached hydrogen (secondary N) is 1. The summed E-state index contributed by atoms with van der Waals surface area (Å²) in [5, 5.41) is 4.70. The van der Waals surface area contributed by atoms with Gasteiger partial charge in [-0.1, -0.05) is 29.3 Å². The van der Waals surface area contributed by atoms with Crippen LogP contribution in [0.3, 0.4) is 0 Å². The van der Waals surface area contributed by atoms with Gasteiger partial charge in [0.1, 0.15) is 5.01 Å². The van der Waals surface area contributed by atoms with Crippen LogP contribution in [-0.4, -0.2) is 25.2 Å². The molecule has 0 bridgehead atoms. The zero-order chi connectivity index (χ0) is 15.4. The molecule has 0 fully saturated rings. The standard InChI is InChI=1S/C17H24N2OS/c1-11-8-12(2)10-15(9-11)16(18-6-7-20-5)17-19-13(3)14(4)21-17/h8-10,16,18H,6-7H2,1-5H3. The molecule has 3 nitrogen and oxygen atoms in total. The Morgan fingerprint density at radius 2 is 1.81 bits per heavy atom. The summed E-state index contributed by atoms with van der Waals surface area (Å²) in [6.07, 6.45) is 0. The van der Waals surface area contributed by atoms with Gasteiger partial charge in [0.25, 0.3) is 0 Å². The van der Waals surface area contributed by atoms with Crippen LogP contribution in [0.1, 0.15) is 38.3 Å². The molecule has 1 atom stereocenters. The number of benzene rings is 1. The van der Waals surface area contributed by atoms with Crippen LogP contribution < -0.4 is 5.32 Å². The number of hydrogen-bond acceptors (Lipinski definition) is 4. The molecule has 0 spiro atoms. The van der Waals surface area contributed by atoms with Crippen LogP contribution in [0.25, 0.3) is 0 Å². The minimum atomic E-state index is 0.135. The van der Waals surface area contributed by atoms with Crippen LogP contribution >= 0.6 is 11.3 Å². The summed E-state index contributed by atoms with van der Waals surface area (Å²) < 4.78 is 5.16. The second-order valence-corrected chi connectivity index (χ2v) is 6.73. The molecule has 0 aliphatic carbocycles. The third-order valence-electron chi connectivity index (χ3n) is 3.52. The van der Waals surface area contributed by atoms with Crippen molar-refractivity contribution < 1.29 is 4.74 Å². The van der Waals surface area contributed by atoms with Crippen molar-refractivity contribution in [1.29, 1.82) is 0 Å². The highest BCUT2D eigenvalue weighted by molar-refractivity contribution is 7.11. The molecule has 1 aromatic carbocycles. The molecule has 1 heterocycles. The molecule has 2 aromatic rings. The van der Waals surface area contributed by atoms with Gasteiger partial charge in [0.05, 0.1) is 18.3 Å². The molecule has 0 radical (unpaired) electrons. The predicted molar refractivity (Wildman–Crippen MR) is 89.2 cm³/mol. The lowest BCUT2D eigenvalue weighted by molar-refractivity contribution is 0.197. The van der Waals surface area contributed by atoms with Gasteiger partial charge in [-0.3, -0.25) is 0 Å². The molecule has 0 amide bonds. The number of aromatic nitrogens is 1. The maximum atomic E-state index is 5.16. The van der Waals surface area contributed by atoms with E-state index in [1.165, 1.54) is 21.6 Å². The zero-order valence-corrected chi connectivity index (χ0v) is 14.3. The third kappa shape index (κ3) is 4.13. The monoisotopic (exact) mass is 304 g/mol. The molecule has 4 heteroatoms. The fourth-order valence-corrected chi connectivity index (χ4v) is 3.48. The Bertz CT molecular complexity index is 567. The summed E-state index contributed by atoms with van der Waals surface area (Å²) in [5.74, 6) is 0. The van der Waals surface area contributed by atoms with Gasteiger partial charge in [-0.05, 0) is 33.3 Å². The molecule has 2 rings (SSSR count). The summed E-state index contributed by atoms with van der Waals surface area (Å²) in [6, 6.07) is 6.82. The van der Waals surface area contributed by atoms with Gasteiger partial charge in [0.2, 0.25) is 0 Å². The molecule has 0 saturated heterocycles. The van der Waals surface area contributed by atoms with E-state index < -0.39 is 0 Å². The molecule has 1 aromatic heterocycles. The topological polar surface area (TPSA) is 34.1 Å². The van der Waals surface area contributed by atoms with E-state index in [4.69, 9.17) is 9.72 Å². The highest BCUT2D eigenvalue weighted by Gasteiger charge is 2.18. The number of thiazole rings is 1. The lowest BCUT2D eigenvalue weighted by atomic mass is 10.0. The first-order valence-corrected chi connectivity index (χ1v) is 8.07. The van der Waals surface area contributed by atoms with E-state index in [1.807, 2.05) is 0 Å². The van der Waals surface area contributed by atoms with Crippen LogP contribution in [0.5, 0.6) is 0 Å². The Balaban J connectivity index is 2.34. The second kappa shape index (κ2) is 7.16. The van der Waals surface area contributed by atoms with Crippen LogP contribution in [0.15, 0.2) is 18.2 Å². The first kappa shape index (κ1) is 16.1. The van der Waals surface area contributed by atoms with Crippen molar-refractivity contribution in [2.45, 2.75) is 33.7 Å². The number of methoxy groups -OCH3 is 1. The Labute approximate surface area is 131 Å². The summed E-state index contributed by atoms with van der Waals surface area (Å²) in [7, 11) is 1.73. The average molecular weight is 304 g/mol. The Kier molecular flexibility index (Phi) is 5.51. The highest BCUT2D eigenvalue weighted by Crippen LogP contribution is 2.29. The van der Waals surface area contributed by atoms with Gasteiger partial charge in [-0.2, -0.15) is 0 Å². The molecule has 21 heavy (non-hydrogen) atoms. The number of nitrogens with zero attached hydrogens (tertiary/aromatic N) is 1. The minimum Gasteiger partial charge on any atom is -0.383 e. The maximum absolute atomic E-state index is 5.16. The van der Waals surface area contributed by atoms with Crippen LogP contribution in [0.2, 0.25) is 0 Å². The molecule has 0 saturated carbocycles. The lowest BCUT2D eigenvalue weighted by Gasteiger charge is -2.18. The fourth-order valence-electron chi connectivity index (χ4n) is 2.45. The first-order chi connectivity index (χ1) is 10.0. The second-order valence-electron chi connectivity index (χ2n) is 5.49. The number of aryl methyl sites for hydroxylation is 4. The molecular weight excluding hydrogens is 280 g/mol. The molecular formula is C17H24N2OS. The average Bonchev–Trinajstić information content (AvgIpc) is 2.73. The van der Waals surface area contributed by atoms with Gasteiger partial charge in [0, 0.05) is 18.5 Å². The predicted octanol–water partition coefficient (Wildman–Crippen LogP) is 3.70. The normalized spacial score (nSPS) is 12.6. The van der Waals surface area contributed by atoms with Crippen LogP contribution in [0.4, 0.5) is 0 Å². The molecule has 0 aliphatic heterocycles. The maximum Gasteiger partial charge on any atom is 0.115 e. The van der Waals surface area contributed by atoms with Crippen molar-refractivity contribution in [3.8, 4) is 0 Å². The van der Waals surface area contributed by atoms with Crippen molar-refractivity contribution in [1.82, 2.24) is 10.3 Å². The van der Waals surface area contributed by atoms with Crippen molar-refractivity contribution in [2.24, 2.45) is 0 Å². The van der Waals surface area contributed by atoms with Gasteiger partial charge >= 0.3 is 0 Å².